The lowest BCUT2D eigenvalue weighted by Gasteiger charge is -2.17. The summed E-state index contributed by atoms with van der Waals surface area (Å²) in [4.78, 5) is 26.0. The van der Waals surface area contributed by atoms with Gasteiger partial charge in [-0.15, -0.1) is 0 Å². The standard InChI is InChI=1S/C17H21NO6/c1-3-23-15(20)9-14(19)16(21)11-6-5-10-7-13(17(22)24-4-2)18-12(10)8-11/h5-8,14,16,18-19,21H,3-4,9H2,1-2H3. The fourth-order valence-electron chi connectivity index (χ4n) is 2.37. The van der Waals surface area contributed by atoms with Crippen LogP contribution in [0.5, 0.6) is 0 Å². The number of carbonyl (C=O) groups excluding carboxylic acids is 2. The minimum Gasteiger partial charge on any atom is -0.466 e. The molecule has 0 aliphatic heterocycles. The number of aromatic nitrogens is 1. The van der Waals surface area contributed by atoms with Crippen LogP contribution >= 0.6 is 0 Å². The largest absolute Gasteiger partial charge is 0.466 e. The van der Waals surface area contributed by atoms with Crippen molar-refractivity contribution in [2.24, 2.45) is 0 Å². The number of H-pyrrole nitrogens is 1. The molecular weight excluding hydrogens is 314 g/mol. The number of hydrogen-bond donors (Lipinski definition) is 3. The van der Waals surface area contributed by atoms with Crippen molar-refractivity contribution < 1.29 is 29.3 Å². The molecule has 3 N–H and O–H groups in total. The Morgan fingerprint density at radius 2 is 1.83 bits per heavy atom. The van der Waals surface area contributed by atoms with E-state index in [-0.39, 0.29) is 19.6 Å². The molecule has 7 heteroatoms. The molecule has 0 aliphatic rings. The summed E-state index contributed by atoms with van der Waals surface area (Å²) in [5.74, 6) is -1.03. The van der Waals surface area contributed by atoms with Gasteiger partial charge in [0.1, 0.15) is 11.8 Å². The van der Waals surface area contributed by atoms with E-state index < -0.39 is 24.1 Å². The summed E-state index contributed by atoms with van der Waals surface area (Å²) in [7, 11) is 0. The van der Waals surface area contributed by atoms with Gasteiger partial charge in [-0.2, -0.15) is 0 Å². The van der Waals surface area contributed by atoms with Crippen LogP contribution in [0.1, 0.15) is 42.4 Å². The van der Waals surface area contributed by atoms with E-state index in [0.717, 1.165) is 5.39 Å². The highest BCUT2D eigenvalue weighted by molar-refractivity contribution is 5.95. The summed E-state index contributed by atoms with van der Waals surface area (Å²) < 4.78 is 9.68. The Kier molecular flexibility index (Phi) is 5.94. The first-order valence-corrected chi connectivity index (χ1v) is 7.77. The summed E-state index contributed by atoms with van der Waals surface area (Å²) in [6.07, 6.45) is -2.82. The van der Waals surface area contributed by atoms with E-state index in [9.17, 15) is 19.8 Å². The Morgan fingerprint density at radius 3 is 2.50 bits per heavy atom. The molecule has 130 valence electrons. The molecule has 2 unspecified atom stereocenters. The number of carbonyl (C=O) groups is 2. The number of esters is 2. The van der Waals surface area contributed by atoms with E-state index in [1.54, 1.807) is 38.1 Å². The molecule has 0 saturated heterocycles. The molecule has 24 heavy (non-hydrogen) atoms. The van der Waals surface area contributed by atoms with Gasteiger partial charge in [0.05, 0.1) is 25.7 Å². The molecule has 1 aromatic heterocycles. The summed E-state index contributed by atoms with van der Waals surface area (Å²) in [6.45, 7) is 3.88. The van der Waals surface area contributed by atoms with Crippen molar-refractivity contribution in [3.63, 3.8) is 0 Å². The predicted octanol–water partition coefficient (Wildman–Crippen LogP) is 1.69. The zero-order valence-electron chi connectivity index (χ0n) is 13.6. The molecule has 0 fully saturated rings. The first kappa shape index (κ1) is 18.0. The second kappa shape index (κ2) is 7.94. The maximum absolute atomic E-state index is 11.7. The summed E-state index contributed by atoms with van der Waals surface area (Å²) in [6, 6.07) is 6.62. The number of nitrogens with one attached hydrogen (secondary N) is 1. The van der Waals surface area contributed by atoms with E-state index in [4.69, 9.17) is 9.47 Å². The van der Waals surface area contributed by atoms with E-state index in [1.165, 1.54) is 0 Å². The molecule has 0 amide bonds. The zero-order valence-corrected chi connectivity index (χ0v) is 13.6. The quantitative estimate of drug-likeness (QED) is 0.665. The molecule has 2 aromatic rings. The molecule has 0 radical (unpaired) electrons. The smallest absolute Gasteiger partial charge is 0.354 e. The summed E-state index contributed by atoms with van der Waals surface area (Å²) in [5, 5.41) is 20.9. The number of benzene rings is 1. The lowest BCUT2D eigenvalue weighted by Crippen LogP contribution is -2.23. The fourth-order valence-corrected chi connectivity index (χ4v) is 2.37. The summed E-state index contributed by atoms with van der Waals surface area (Å²) in [5.41, 5.74) is 1.36. The van der Waals surface area contributed by atoms with E-state index in [1.807, 2.05) is 0 Å². The predicted molar refractivity (Wildman–Crippen MR) is 86.5 cm³/mol. The van der Waals surface area contributed by atoms with Crippen molar-refractivity contribution in [2.75, 3.05) is 13.2 Å². The van der Waals surface area contributed by atoms with Crippen LogP contribution in [0.2, 0.25) is 0 Å². The van der Waals surface area contributed by atoms with Gasteiger partial charge in [-0.05, 0) is 31.5 Å². The van der Waals surface area contributed by atoms with Crippen molar-refractivity contribution in [3.05, 3.63) is 35.5 Å². The number of aromatic amines is 1. The molecule has 0 saturated carbocycles. The van der Waals surface area contributed by atoms with E-state index in [2.05, 4.69) is 4.98 Å². The van der Waals surface area contributed by atoms with Crippen molar-refractivity contribution >= 4 is 22.8 Å². The Balaban J connectivity index is 2.17. The number of rotatable bonds is 7. The Hall–Kier alpha value is -2.38. The first-order chi connectivity index (χ1) is 11.5. The molecule has 2 atom stereocenters. The Bertz CT molecular complexity index is 723. The minimum absolute atomic E-state index is 0.215. The maximum Gasteiger partial charge on any atom is 0.354 e. The fraction of sp³-hybridized carbons (Fsp3) is 0.412. The second-order valence-electron chi connectivity index (χ2n) is 5.27. The van der Waals surface area contributed by atoms with Crippen LogP contribution in [0, 0.1) is 0 Å². The first-order valence-electron chi connectivity index (χ1n) is 7.77. The van der Waals surface area contributed by atoms with E-state index >= 15 is 0 Å². The van der Waals surface area contributed by atoms with Crippen molar-refractivity contribution in [3.8, 4) is 0 Å². The van der Waals surface area contributed by atoms with Crippen LogP contribution in [-0.2, 0) is 14.3 Å². The molecule has 0 aliphatic carbocycles. The van der Waals surface area contributed by atoms with Gasteiger partial charge >= 0.3 is 11.9 Å². The molecule has 0 spiro atoms. The molecular formula is C17H21NO6. The third-order valence-electron chi connectivity index (χ3n) is 3.53. The normalized spacial score (nSPS) is 13.5. The number of hydrogen-bond acceptors (Lipinski definition) is 6. The highest BCUT2D eigenvalue weighted by Crippen LogP contribution is 2.24. The highest BCUT2D eigenvalue weighted by Gasteiger charge is 2.22. The molecule has 1 aromatic carbocycles. The zero-order chi connectivity index (χ0) is 17.7. The number of aliphatic hydroxyl groups is 2. The lowest BCUT2D eigenvalue weighted by atomic mass is 10.0. The average molecular weight is 335 g/mol. The third kappa shape index (κ3) is 4.12. The van der Waals surface area contributed by atoms with Gasteiger partial charge in [0.15, 0.2) is 0 Å². The third-order valence-corrected chi connectivity index (χ3v) is 3.53. The number of fused-ring (bicyclic) bond motifs is 1. The van der Waals surface area contributed by atoms with Gasteiger partial charge in [0, 0.05) is 10.9 Å². The van der Waals surface area contributed by atoms with Gasteiger partial charge in [-0.25, -0.2) is 4.79 Å². The topological polar surface area (TPSA) is 109 Å². The van der Waals surface area contributed by atoms with Crippen LogP contribution in [0.15, 0.2) is 24.3 Å². The monoisotopic (exact) mass is 335 g/mol. The van der Waals surface area contributed by atoms with Crippen LogP contribution < -0.4 is 0 Å². The van der Waals surface area contributed by atoms with Crippen LogP contribution in [0.4, 0.5) is 0 Å². The van der Waals surface area contributed by atoms with Gasteiger partial charge in [-0.1, -0.05) is 12.1 Å². The van der Waals surface area contributed by atoms with Crippen molar-refractivity contribution in [2.45, 2.75) is 32.5 Å². The van der Waals surface area contributed by atoms with Crippen LogP contribution in [-0.4, -0.2) is 46.5 Å². The van der Waals surface area contributed by atoms with Crippen molar-refractivity contribution in [1.29, 1.82) is 0 Å². The van der Waals surface area contributed by atoms with Crippen LogP contribution in [0.25, 0.3) is 10.9 Å². The maximum atomic E-state index is 11.7. The van der Waals surface area contributed by atoms with Crippen molar-refractivity contribution in [1.82, 2.24) is 4.98 Å². The number of aliphatic hydroxyl groups excluding tert-OH is 2. The van der Waals surface area contributed by atoms with Gasteiger partial charge in [0.25, 0.3) is 0 Å². The van der Waals surface area contributed by atoms with Gasteiger partial charge < -0.3 is 24.7 Å². The number of ether oxygens (including phenoxy) is 2. The minimum atomic E-state index is -1.28. The van der Waals surface area contributed by atoms with Gasteiger partial charge in [-0.3, -0.25) is 4.79 Å². The van der Waals surface area contributed by atoms with E-state index in [0.29, 0.717) is 16.8 Å². The highest BCUT2D eigenvalue weighted by atomic mass is 16.5. The Morgan fingerprint density at radius 1 is 1.12 bits per heavy atom. The van der Waals surface area contributed by atoms with Crippen LogP contribution in [0.3, 0.4) is 0 Å². The summed E-state index contributed by atoms with van der Waals surface area (Å²) >= 11 is 0. The molecule has 0 bridgehead atoms. The average Bonchev–Trinajstić information content (AvgIpc) is 2.97. The molecule has 2 rings (SSSR count). The second-order valence-corrected chi connectivity index (χ2v) is 5.27. The Labute approximate surface area is 139 Å². The SMILES string of the molecule is CCOC(=O)CC(O)C(O)c1ccc2cc(C(=O)OCC)[nH]c2c1. The van der Waals surface area contributed by atoms with Gasteiger partial charge in [0.2, 0.25) is 0 Å². The lowest BCUT2D eigenvalue weighted by molar-refractivity contribution is -0.147. The molecule has 7 nitrogen and oxygen atoms in total. The molecule has 1 heterocycles.